The lowest BCUT2D eigenvalue weighted by molar-refractivity contribution is -0.148. The zero-order valence-electron chi connectivity index (χ0n) is 25.6. The molecule has 0 fully saturated rings. The standard InChI is InChI=1S/C35H53ClO5/c1-4-6-7-8-9-10-11-12-13-14-15-16-17-18-19-22-25-39-27-29(41-34(37)5-2)28-40-35-31-24-21-20-23-30(31)33(38-3)26-32(35)36/h5,20-21,23-24,26,29H,2,4,6-19,22,25,27-28H2,1,3H3. The predicted octanol–water partition coefficient (Wildman–Crippen LogP) is 10.3. The van der Waals surface area contributed by atoms with Crippen LogP contribution in [0.1, 0.15) is 110 Å². The molecule has 0 amide bonds. The molecule has 2 aromatic rings. The van der Waals surface area contributed by atoms with Gasteiger partial charge in [0, 0.05) is 29.5 Å². The Morgan fingerprint density at radius 2 is 1.37 bits per heavy atom. The van der Waals surface area contributed by atoms with E-state index in [1.807, 2.05) is 24.3 Å². The quantitative estimate of drug-likeness (QED) is 0.0656. The summed E-state index contributed by atoms with van der Waals surface area (Å²) in [6.07, 6.45) is 22.0. The van der Waals surface area contributed by atoms with Crippen molar-refractivity contribution in [3.05, 3.63) is 48.0 Å². The fourth-order valence-electron chi connectivity index (χ4n) is 5.07. The molecule has 2 aromatic carbocycles. The van der Waals surface area contributed by atoms with Crippen LogP contribution in [0.15, 0.2) is 43.0 Å². The van der Waals surface area contributed by atoms with Crippen molar-refractivity contribution >= 4 is 28.3 Å². The van der Waals surface area contributed by atoms with Gasteiger partial charge in [-0.3, -0.25) is 0 Å². The van der Waals surface area contributed by atoms with E-state index in [0.29, 0.717) is 23.1 Å². The van der Waals surface area contributed by atoms with Crippen molar-refractivity contribution in [2.45, 2.75) is 116 Å². The molecule has 2 rings (SSSR count). The van der Waals surface area contributed by atoms with E-state index >= 15 is 0 Å². The Balaban J connectivity index is 1.59. The van der Waals surface area contributed by atoms with Crippen molar-refractivity contribution in [2.75, 3.05) is 26.9 Å². The van der Waals surface area contributed by atoms with Crippen molar-refractivity contribution in [3.8, 4) is 11.5 Å². The van der Waals surface area contributed by atoms with E-state index in [4.69, 9.17) is 30.5 Å². The van der Waals surface area contributed by atoms with Gasteiger partial charge in [-0.2, -0.15) is 0 Å². The van der Waals surface area contributed by atoms with Gasteiger partial charge in [-0.15, -0.1) is 0 Å². The van der Waals surface area contributed by atoms with E-state index in [9.17, 15) is 4.79 Å². The topological polar surface area (TPSA) is 54.0 Å². The monoisotopic (exact) mass is 588 g/mol. The Kier molecular flexibility index (Phi) is 19.1. The molecule has 6 heteroatoms. The highest BCUT2D eigenvalue weighted by Crippen LogP contribution is 2.39. The average Bonchev–Trinajstić information content (AvgIpc) is 2.99. The fraction of sp³-hybridized carbons (Fsp3) is 0.629. The van der Waals surface area contributed by atoms with Gasteiger partial charge in [-0.1, -0.05) is 146 Å². The molecule has 0 aliphatic carbocycles. The number of ether oxygens (including phenoxy) is 4. The number of halogens is 1. The summed E-state index contributed by atoms with van der Waals surface area (Å²) in [6, 6.07) is 9.47. The summed E-state index contributed by atoms with van der Waals surface area (Å²) in [5.74, 6) is 0.700. The van der Waals surface area contributed by atoms with Gasteiger partial charge in [0.15, 0.2) is 6.10 Å². The van der Waals surface area contributed by atoms with Crippen LogP contribution in [0.25, 0.3) is 10.8 Å². The highest BCUT2D eigenvalue weighted by Gasteiger charge is 2.18. The van der Waals surface area contributed by atoms with E-state index in [-0.39, 0.29) is 13.2 Å². The molecule has 0 radical (unpaired) electrons. The highest BCUT2D eigenvalue weighted by molar-refractivity contribution is 6.33. The zero-order chi connectivity index (χ0) is 29.5. The van der Waals surface area contributed by atoms with Gasteiger partial charge in [-0.05, 0) is 6.42 Å². The van der Waals surface area contributed by atoms with E-state index in [1.165, 1.54) is 89.9 Å². The summed E-state index contributed by atoms with van der Waals surface area (Å²) >= 11 is 6.50. The Hall–Kier alpha value is -2.24. The summed E-state index contributed by atoms with van der Waals surface area (Å²) in [4.78, 5) is 11.9. The average molecular weight is 589 g/mol. The minimum atomic E-state index is -0.571. The number of hydrogen-bond acceptors (Lipinski definition) is 5. The lowest BCUT2D eigenvalue weighted by atomic mass is 10.0. The molecule has 0 aliphatic heterocycles. The number of benzene rings is 2. The molecule has 1 unspecified atom stereocenters. The number of carbonyl (C=O) groups excluding carboxylic acids is 1. The molecule has 0 bridgehead atoms. The van der Waals surface area contributed by atoms with Crippen LogP contribution in [0.4, 0.5) is 0 Å². The SMILES string of the molecule is C=CC(=O)OC(COCCCCCCCCCCCCCCCCCC)COc1c(Cl)cc(OC)c2ccccc12. The molecule has 0 heterocycles. The van der Waals surface area contributed by atoms with Crippen LogP contribution < -0.4 is 9.47 Å². The van der Waals surface area contributed by atoms with E-state index < -0.39 is 12.1 Å². The number of methoxy groups -OCH3 is 1. The molecular weight excluding hydrogens is 536 g/mol. The van der Waals surface area contributed by atoms with Crippen molar-refractivity contribution in [3.63, 3.8) is 0 Å². The summed E-state index contributed by atoms with van der Waals surface area (Å²) in [5.41, 5.74) is 0. The van der Waals surface area contributed by atoms with Gasteiger partial charge in [0.05, 0.1) is 18.7 Å². The van der Waals surface area contributed by atoms with Crippen molar-refractivity contribution in [2.24, 2.45) is 0 Å². The largest absolute Gasteiger partial charge is 0.496 e. The van der Waals surface area contributed by atoms with Crippen LogP contribution in [-0.2, 0) is 14.3 Å². The van der Waals surface area contributed by atoms with Crippen LogP contribution in [-0.4, -0.2) is 39.0 Å². The molecule has 5 nitrogen and oxygen atoms in total. The number of rotatable bonds is 25. The lowest BCUT2D eigenvalue weighted by Crippen LogP contribution is -2.29. The summed E-state index contributed by atoms with van der Waals surface area (Å²) < 4.78 is 22.9. The van der Waals surface area contributed by atoms with Gasteiger partial charge in [0.2, 0.25) is 0 Å². The number of esters is 1. The normalized spacial score (nSPS) is 11.9. The Bertz CT molecular complexity index is 992. The van der Waals surface area contributed by atoms with Gasteiger partial charge in [0.25, 0.3) is 0 Å². The minimum absolute atomic E-state index is 0.120. The van der Waals surface area contributed by atoms with Gasteiger partial charge >= 0.3 is 5.97 Å². The van der Waals surface area contributed by atoms with Crippen molar-refractivity contribution in [1.29, 1.82) is 0 Å². The first-order valence-corrected chi connectivity index (χ1v) is 16.3. The van der Waals surface area contributed by atoms with Crippen LogP contribution in [0, 0.1) is 0 Å². The minimum Gasteiger partial charge on any atom is -0.496 e. The molecule has 0 saturated carbocycles. The molecule has 0 aliphatic rings. The van der Waals surface area contributed by atoms with Gasteiger partial charge < -0.3 is 18.9 Å². The molecular formula is C35H53ClO5. The van der Waals surface area contributed by atoms with Crippen LogP contribution >= 0.6 is 11.6 Å². The second-order valence-corrected chi connectivity index (χ2v) is 11.3. The zero-order valence-corrected chi connectivity index (χ0v) is 26.4. The number of fused-ring (bicyclic) bond motifs is 1. The van der Waals surface area contributed by atoms with Crippen molar-refractivity contribution in [1.82, 2.24) is 0 Å². The van der Waals surface area contributed by atoms with Gasteiger partial charge in [-0.25, -0.2) is 4.79 Å². The molecule has 0 spiro atoms. The molecule has 41 heavy (non-hydrogen) atoms. The van der Waals surface area contributed by atoms with Gasteiger partial charge in [0.1, 0.15) is 18.1 Å². The summed E-state index contributed by atoms with van der Waals surface area (Å²) in [7, 11) is 1.61. The third kappa shape index (κ3) is 14.5. The van der Waals surface area contributed by atoms with E-state index in [1.54, 1.807) is 13.2 Å². The summed E-state index contributed by atoms with van der Waals surface area (Å²) in [5, 5.41) is 2.16. The predicted molar refractivity (Wildman–Crippen MR) is 171 cm³/mol. The maximum Gasteiger partial charge on any atom is 0.330 e. The first-order chi connectivity index (χ1) is 20.1. The van der Waals surface area contributed by atoms with Crippen molar-refractivity contribution < 1.29 is 23.7 Å². The maximum atomic E-state index is 11.9. The molecule has 0 saturated heterocycles. The van der Waals surface area contributed by atoms with Crippen LogP contribution in [0.3, 0.4) is 0 Å². The lowest BCUT2D eigenvalue weighted by Gasteiger charge is -2.20. The first-order valence-electron chi connectivity index (χ1n) is 15.9. The number of unbranched alkanes of at least 4 members (excludes halogenated alkanes) is 15. The van der Waals surface area contributed by atoms with E-state index in [0.717, 1.165) is 29.7 Å². The molecule has 0 aromatic heterocycles. The Morgan fingerprint density at radius 3 is 1.90 bits per heavy atom. The smallest absolute Gasteiger partial charge is 0.330 e. The first kappa shape index (κ1) is 35.0. The third-order valence-electron chi connectivity index (χ3n) is 7.44. The van der Waals surface area contributed by atoms with Crippen LogP contribution in [0.5, 0.6) is 11.5 Å². The third-order valence-corrected chi connectivity index (χ3v) is 7.72. The number of carbonyl (C=O) groups is 1. The summed E-state index contributed by atoms with van der Waals surface area (Å²) in [6.45, 7) is 6.78. The highest BCUT2D eigenvalue weighted by atomic mass is 35.5. The number of hydrogen-bond donors (Lipinski definition) is 0. The second-order valence-electron chi connectivity index (χ2n) is 10.9. The molecule has 1 atom stereocenters. The second kappa shape index (κ2) is 22.4. The van der Waals surface area contributed by atoms with E-state index in [2.05, 4.69) is 13.5 Å². The molecule has 230 valence electrons. The fourth-order valence-corrected chi connectivity index (χ4v) is 5.33. The Labute approximate surface area is 253 Å². The molecule has 0 N–H and O–H groups in total. The maximum absolute atomic E-state index is 11.9. The van der Waals surface area contributed by atoms with Crippen LogP contribution in [0.2, 0.25) is 5.02 Å². The Morgan fingerprint density at radius 1 is 0.829 bits per heavy atom.